The van der Waals surface area contributed by atoms with E-state index in [0.717, 1.165) is 0 Å². The van der Waals surface area contributed by atoms with Crippen molar-refractivity contribution in [2.45, 2.75) is 26.7 Å². The second-order valence-electron chi connectivity index (χ2n) is 8.08. The van der Waals surface area contributed by atoms with Crippen molar-refractivity contribution in [3.05, 3.63) is 53.2 Å². The molecule has 4 N–H and O–H groups in total. The second-order valence-corrected chi connectivity index (χ2v) is 8.08. The number of nitrogens with one attached hydrogen (secondary N) is 1. The number of para-hydroxylation sites is 1. The van der Waals surface area contributed by atoms with Crippen LogP contribution in [0.1, 0.15) is 46.2 Å². The molecule has 0 aliphatic carbocycles. The summed E-state index contributed by atoms with van der Waals surface area (Å²) in [6, 6.07) is 10.4. The van der Waals surface area contributed by atoms with Crippen LogP contribution in [0.3, 0.4) is 0 Å². The molecule has 0 radical (unpaired) electrons. The Morgan fingerprint density at radius 2 is 1.78 bits per heavy atom. The summed E-state index contributed by atoms with van der Waals surface area (Å²) in [5.41, 5.74) is 8.28. The van der Waals surface area contributed by atoms with E-state index in [2.05, 4.69) is 10.3 Å². The zero-order chi connectivity index (χ0) is 26.8. The highest BCUT2D eigenvalue weighted by Gasteiger charge is 2.21. The van der Waals surface area contributed by atoms with Crippen molar-refractivity contribution < 1.29 is 33.6 Å². The molecule has 3 aromatic rings. The van der Waals surface area contributed by atoms with Crippen LogP contribution in [0.2, 0.25) is 0 Å². The molecule has 10 heteroatoms. The lowest BCUT2D eigenvalue weighted by Gasteiger charge is -2.16. The highest BCUT2D eigenvalue weighted by molar-refractivity contribution is 6.07. The molecule has 37 heavy (non-hydrogen) atoms. The van der Waals surface area contributed by atoms with E-state index >= 15 is 0 Å². The number of nitrogens with zero attached hydrogens (tertiary/aromatic N) is 1. The summed E-state index contributed by atoms with van der Waals surface area (Å²) in [6.07, 6.45) is 0.947. The Labute approximate surface area is 215 Å². The van der Waals surface area contributed by atoms with Gasteiger partial charge in [-0.1, -0.05) is 12.1 Å². The minimum Gasteiger partial charge on any atom is -0.493 e. The SMILES string of the molecule is CCOC(=O)c1c(C)nc2cccc(OCCCNC(=O)c3cccc(OC)c3OCCCO)c2c1N. The molecule has 1 aromatic heterocycles. The smallest absolute Gasteiger partial charge is 0.342 e. The number of nitrogen functional groups attached to an aromatic ring is 1. The number of hydrogen-bond acceptors (Lipinski definition) is 9. The van der Waals surface area contributed by atoms with Crippen molar-refractivity contribution in [3.63, 3.8) is 0 Å². The summed E-state index contributed by atoms with van der Waals surface area (Å²) in [7, 11) is 1.50. The lowest BCUT2D eigenvalue weighted by Crippen LogP contribution is -2.26. The van der Waals surface area contributed by atoms with Crippen LogP contribution in [0.25, 0.3) is 10.9 Å². The Balaban J connectivity index is 1.65. The highest BCUT2D eigenvalue weighted by Crippen LogP contribution is 2.34. The van der Waals surface area contributed by atoms with E-state index in [1.54, 1.807) is 50.2 Å². The van der Waals surface area contributed by atoms with Crippen molar-refractivity contribution in [3.8, 4) is 17.2 Å². The van der Waals surface area contributed by atoms with E-state index in [0.29, 0.717) is 65.4 Å². The van der Waals surface area contributed by atoms with Gasteiger partial charge in [-0.3, -0.25) is 9.78 Å². The lowest BCUT2D eigenvalue weighted by molar-refractivity contribution is 0.0526. The average Bonchev–Trinajstić information content (AvgIpc) is 2.88. The molecule has 2 aromatic carbocycles. The number of hydrogen-bond donors (Lipinski definition) is 3. The Bertz CT molecular complexity index is 1250. The van der Waals surface area contributed by atoms with Gasteiger partial charge in [0.2, 0.25) is 0 Å². The van der Waals surface area contributed by atoms with Crippen LogP contribution < -0.4 is 25.3 Å². The minimum absolute atomic E-state index is 0.0150. The number of methoxy groups -OCH3 is 1. The van der Waals surface area contributed by atoms with Crippen LogP contribution in [-0.2, 0) is 4.74 Å². The van der Waals surface area contributed by atoms with Crippen LogP contribution in [0, 0.1) is 6.92 Å². The lowest BCUT2D eigenvalue weighted by atomic mass is 10.1. The number of carbonyl (C=O) groups is 2. The van der Waals surface area contributed by atoms with E-state index in [1.165, 1.54) is 7.11 Å². The molecule has 0 aliphatic heterocycles. The number of aliphatic hydroxyl groups excluding tert-OH is 1. The maximum atomic E-state index is 12.8. The van der Waals surface area contributed by atoms with Gasteiger partial charge in [0.25, 0.3) is 5.91 Å². The fourth-order valence-corrected chi connectivity index (χ4v) is 3.82. The second kappa shape index (κ2) is 13.3. The van der Waals surface area contributed by atoms with E-state index in [4.69, 9.17) is 29.8 Å². The molecule has 0 fully saturated rings. The third kappa shape index (κ3) is 6.59. The predicted molar refractivity (Wildman–Crippen MR) is 139 cm³/mol. The van der Waals surface area contributed by atoms with Crippen LogP contribution in [-0.4, -0.2) is 62.0 Å². The van der Waals surface area contributed by atoms with Gasteiger partial charge < -0.3 is 35.1 Å². The predicted octanol–water partition coefficient (Wildman–Crippen LogP) is 3.27. The number of amides is 1. The number of anilines is 1. The number of ether oxygens (including phenoxy) is 4. The number of aromatic nitrogens is 1. The quantitative estimate of drug-likeness (QED) is 0.233. The number of fused-ring (bicyclic) bond motifs is 1. The normalized spacial score (nSPS) is 10.7. The number of esters is 1. The average molecular weight is 512 g/mol. The molecule has 0 bridgehead atoms. The zero-order valence-corrected chi connectivity index (χ0v) is 21.3. The van der Waals surface area contributed by atoms with E-state index in [-0.39, 0.29) is 37.0 Å². The van der Waals surface area contributed by atoms with Gasteiger partial charge in [-0.2, -0.15) is 0 Å². The third-order valence-corrected chi connectivity index (χ3v) is 5.53. The monoisotopic (exact) mass is 511 g/mol. The molecule has 0 atom stereocenters. The topological polar surface area (TPSA) is 142 Å². The molecule has 0 saturated carbocycles. The first kappa shape index (κ1) is 27.5. The Kier molecular flexibility index (Phi) is 9.91. The Morgan fingerprint density at radius 3 is 2.51 bits per heavy atom. The van der Waals surface area contributed by atoms with E-state index in [1.807, 2.05) is 0 Å². The standard InChI is InChI=1S/C27H33N3O7/c1-4-35-27(33)22-17(2)30-19-10-6-11-20(23(19)24(22)28)36-15-7-13-29-26(32)18-9-5-12-21(34-3)25(18)37-16-8-14-31/h5-6,9-12,31H,4,7-8,13-16H2,1-3H3,(H2,28,30)(H,29,32). The molecule has 3 rings (SSSR count). The number of aliphatic hydroxyl groups is 1. The van der Waals surface area contributed by atoms with Crippen molar-refractivity contribution >= 4 is 28.5 Å². The van der Waals surface area contributed by atoms with Gasteiger partial charge in [0.15, 0.2) is 11.5 Å². The number of carbonyl (C=O) groups excluding carboxylic acids is 2. The fourth-order valence-electron chi connectivity index (χ4n) is 3.82. The largest absolute Gasteiger partial charge is 0.493 e. The molecule has 0 aliphatic rings. The molecular formula is C27H33N3O7. The Hall–Kier alpha value is -4.05. The van der Waals surface area contributed by atoms with Crippen molar-refractivity contribution in [1.29, 1.82) is 0 Å². The molecule has 1 heterocycles. The molecule has 0 saturated heterocycles. The van der Waals surface area contributed by atoms with Crippen molar-refractivity contribution in [1.82, 2.24) is 10.3 Å². The van der Waals surface area contributed by atoms with E-state index in [9.17, 15) is 9.59 Å². The zero-order valence-electron chi connectivity index (χ0n) is 21.3. The maximum absolute atomic E-state index is 12.8. The van der Waals surface area contributed by atoms with Gasteiger partial charge in [-0.15, -0.1) is 0 Å². The number of benzene rings is 2. The van der Waals surface area contributed by atoms with Gasteiger partial charge in [-0.05, 0) is 44.5 Å². The number of nitrogens with two attached hydrogens (primary N) is 1. The van der Waals surface area contributed by atoms with Crippen LogP contribution >= 0.6 is 0 Å². The van der Waals surface area contributed by atoms with Gasteiger partial charge in [0.05, 0.1) is 54.8 Å². The van der Waals surface area contributed by atoms with Crippen molar-refractivity contribution in [2.75, 3.05) is 45.8 Å². The molecule has 198 valence electrons. The maximum Gasteiger partial charge on any atom is 0.342 e. The van der Waals surface area contributed by atoms with Gasteiger partial charge in [0.1, 0.15) is 11.3 Å². The number of pyridine rings is 1. The fraction of sp³-hybridized carbons (Fsp3) is 0.370. The van der Waals surface area contributed by atoms with E-state index < -0.39 is 5.97 Å². The van der Waals surface area contributed by atoms with Crippen LogP contribution in [0.4, 0.5) is 5.69 Å². The Morgan fingerprint density at radius 1 is 1.05 bits per heavy atom. The van der Waals surface area contributed by atoms with Gasteiger partial charge in [0, 0.05) is 19.6 Å². The molecule has 1 amide bonds. The third-order valence-electron chi connectivity index (χ3n) is 5.53. The molecule has 10 nitrogen and oxygen atoms in total. The van der Waals surface area contributed by atoms with Crippen LogP contribution in [0.15, 0.2) is 36.4 Å². The molecule has 0 unspecified atom stereocenters. The molecule has 0 spiro atoms. The minimum atomic E-state index is -0.526. The summed E-state index contributed by atoms with van der Waals surface area (Å²) in [4.78, 5) is 29.7. The molecular weight excluding hydrogens is 478 g/mol. The first-order valence-corrected chi connectivity index (χ1v) is 12.1. The van der Waals surface area contributed by atoms with Crippen molar-refractivity contribution in [2.24, 2.45) is 0 Å². The number of rotatable bonds is 13. The van der Waals surface area contributed by atoms with Gasteiger partial charge >= 0.3 is 5.97 Å². The number of aryl methyl sites for hydroxylation is 1. The first-order chi connectivity index (χ1) is 17.9. The summed E-state index contributed by atoms with van der Waals surface area (Å²) in [5.74, 6) is 0.423. The summed E-state index contributed by atoms with van der Waals surface area (Å²) in [5, 5.41) is 12.4. The van der Waals surface area contributed by atoms with Gasteiger partial charge in [-0.25, -0.2) is 4.79 Å². The highest BCUT2D eigenvalue weighted by atomic mass is 16.5. The summed E-state index contributed by atoms with van der Waals surface area (Å²) < 4.78 is 22.1. The summed E-state index contributed by atoms with van der Waals surface area (Å²) in [6.45, 7) is 4.54. The first-order valence-electron chi connectivity index (χ1n) is 12.1. The summed E-state index contributed by atoms with van der Waals surface area (Å²) >= 11 is 0. The van der Waals surface area contributed by atoms with Crippen LogP contribution in [0.5, 0.6) is 17.2 Å².